The van der Waals surface area contributed by atoms with Gasteiger partial charge in [0.1, 0.15) is 0 Å². The number of hydrogen-bond acceptors (Lipinski definition) is 6. The fourth-order valence-corrected chi connectivity index (χ4v) is 8.52. The second-order valence-corrected chi connectivity index (χ2v) is 11.1. The van der Waals surface area contributed by atoms with Crippen molar-refractivity contribution in [1.29, 1.82) is 0 Å². The van der Waals surface area contributed by atoms with E-state index in [0.29, 0.717) is 19.8 Å². The zero-order chi connectivity index (χ0) is 13.1. The van der Waals surface area contributed by atoms with Crippen molar-refractivity contribution < 1.29 is 12.3 Å². The van der Waals surface area contributed by atoms with E-state index in [1.165, 1.54) is 0 Å². The molecule has 1 spiro atoms. The van der Waals surface area contributed by atoms with Crippen LogP contribution in [0.15, 0.2) is 0 Å². The van der Waals surface area contributed by atoms with E-state index in [2.05, 4.69) is 31.4 Å². The Hall–Kier alpha value is 0.559. The third-order valence-corrected chi connectivity index (χ3v) is 10.4. The minimum absolute atomic E-state index is 0.241. The predicted molar refractivity (Wildman–Crippen MR) is 69.1 cm³/mol. The summed E-state index contributed by atoms with van der Waals surface area (Å²) in [6.07, 6.45) is 0. The third kappa shape index (κ3) is 3.78. The van der Waals surface area contributed by atoms with Crippen LogP contribution in [0.25, 0.3) is 0 Å². The summed E-state index contributed by atoms with van der Waals surface area (Å²) >= 11 is -3.83. The van der Waals surface area contributed by atoms with Crippen LogP contribution >= 0.6 is 0 Å². The maximum absolute atomic E-state index is 6.21. The molecule has 0 saturated carbocycles. The van der Waals surface area contributed by atoms with Crippen LogP contribution in [0.5, 0.6) is 0 Å². The maximum atomic E-state index is 6.21. The second-order valence-electron chi connectivity index (χ2n) is 5.18. The first kappa shape index (κ1) is 15.0. The molecule has 0 aromatic heterocycles. The summed E-state index contributed by atoms with van der Waals surface area (Å²) in [6.45, 7) is 10.5. The zero-order valence-electron chi connectivity index (χ0n) is 11.5. The van der Waals surface area contributed by atoms with Gasteiger partial charge < -0.3 is 0 Å². The van der Waals surface area contributed by atoms with Crippen molar-refractivity contribution in [3.8, 4) is 0 Å². The molecule has 2 aliphatic rings. The molecule has 1 atom stereocenters. The number of rotatable bonds is 0. The second kappa shape index (κ2) is 6.34. The van der Waals surface area contributed by atoms with E-state index in [1.807, 2.05) is 0 Å². The molecule has 2 saturated heterocycles. The van der Waals surface area contributed by atoms with E-state index in [0.717, 1.165) is 19.6 Å². The van der Waals surface area contributed by atoms with Crippen molar-refractivity contribution in [2.24, 2.45) is 0 Å². The van der Waals surface area contributed by atoms with Crippen LogP contribution in [0.4, 0.5) is 0 Å². The van der Waals surface area contributed by atoms with Gasteiger partial charge in [-0.1, -0.05) is 0 Å². The summed E-state index contributed by atoms with van der Waals surface area (Å²) in [4.78, 5) is 0. The molecule has 2 heterocycles. The molecule has 18 heavy (non-hydrogen) atoms. The summed E-state index contributed by atoms with van der Waals surface area (Å²) in [5.74, 6) is 0. The quantitative estimate of drug-likeness (QED) is 0.582. The average Bonchev–Trinajstić information content (AvgIpc) is 2.27. The van der Waals surface area contributed by atoms with Crippen LogP contribution in [-0.4, -0.2) is 71.1 Å². The van der Waals surface area contributed by atoms with Crippen LogP contribution in [-0.2, 0) is 12.3 Å². The van der Waals surface area contributed by atoms with Crippen molar-refractivity contribution >= 4 is 20.0 Å². The Morgan fingerprint density at radius 3 is 2.17 bits per heavy atom. The standard InChI is InChI=1S/C7H15NO2.C4H9NO2.Sn/c1-6(7(2,3)10)8-4-5-9;6-3-1-5-2-4-7;/h6,8H,4-5H2,1-3H3;5H,1-4H2;/q2*-2;+4. The average molecular weight is 367 g/mol. The third-order valence-electron chi connectivity index (χ3n) is 3.38. The van der Waals surface area contributed by atoms with Crippen molar-refractivity contribution in [1.82, 2.24) is 10.6 Å². The van der Waals surface area contributed by atoms with Crippen LogP contribution in [0, 0.1) is 0 Å². The van der Waals surface area contributed by atoms with Gasteiger partial charge in [0.15, 0.2) is 0 Å². The molecule has 0 amide bonds. The van der Waals surface area contributed by atoms with Gasteiger partial charge in [-0.15, -0.1) is 0 Å². The van der Waals surface area contributed by atoms with Crippen molar-refractivity contribution in [2.75, 3.05) is 39.5 Å². The summed E-state index contributed by atoms with van der Waals surface area (Å²) < 4.78 is 23.9. The van der Waals surface area contributed by atoms with Gasteiger partial charge in [0, 0.05) is 0 Å². The molecule has 7 heteroatoms. The van der Waals surface area contributed by atoms with Crippen molar-refractivity contribution in [2.45, 2.75) is 32.4 Å². The molecule has 2 aliphatic heterocycles. The van der Waals surface area contributed by atoms with E-state index in [1.54, 1.807) is 0 Å². The van der Waals surface area contributed by atoms with Crippen LogP contribution in [0.1, 0.15) is 20.8 Å². The van der Waals surface area contributed by atoms with Crippen molar-refractivity contribution in [3.05, 3.63) is 0 Å². The number of nitrogens with one attached hydrogen (secondary N) is 2. The van der Waals surface area contributed by atoms with Gasteiger partial charge in [-0.05, 0) is 0 Å². The van der Waals surface area contributed by atoms with E-state index < -0.39 is 20.0 Å². The normalized spacial score (nSPS) is 33.2. The SMILES string of the molecule is CC1NCC[O][Sn]2([O]CCNCC[O]2)[O]C1(C)C. The first-order valence-electron chi connectivity index (χ1n) is 6.60. The predicted octanol–water partition coefficient (Wildman–Crippen LogP) is -0.138. The van der Waals surface area contributed by atoms with Gasteiger partial charge in [0.25, 0.3) is 0 Å². The van der Waals surface area contributed by atoms with Gasteiger partial charge in [-0.2, -0.15) is 0 Å². The molecule has 2 rings (SSSR count). The fraction of sp³-hybridized carbons (Fsp3) is 1.00. The number of hydrogen-bond donors (Lipinski definition) is 2. The molecule has 2 fully saturated rings. The molecular weight excluding hydrogens is 343 g/mol. The monoisotopic (exact) mass is 368 g/mol. The Morgan fingerprint density at radius 2 is 1.56 bits per heavy atom. The summed E-state index contributed by atoms with van der Waals surface area (Å²) in [7, 11) is 0. The molecule has 0 aliphatic carbocycles. The van der Waals surface area contributed by atoms with Gasteiger partial charge in [-0.25, -0.2) is 0 Å². The summed E-state index contributed by atoms with van der Waals surface area (Å²) in [6, 6.07) is 0.241. The summed E-state index contributed by atoms with van der Waals surface area (Å²) in [5, 5.41) is 6.61. The fourth-order valence-electron chi connectivity index (χ4n) is 1.94. The Labute approximate surface area is 115 Å². The topological polar surface area (TPSA) is 61.0 Å². The van der Waals surface area contributed by atoms with E-state index >= 15 is 0 Å². The first-order chi connectivity index (χ1) is 8.54. The molecule has 0 aromatic rings. The van der Waals surface area contributed by atoms with Gasteiger partial charge in [0.05, 0.1) is 0 Å². The Morgan fingerprint density at radius 1 is 1.00 bits per heavy atom. The zero-order valence-corrected chi connectivity index (χ0v) is 14.3. The molecule has 6 nitrogen and oxygen atoms in total. The molecule has 0 bridgehead atoms. The Bertz CT molecular complexity index is 264. The van der Waals surface area contributed by atoms with E-state index in [-0.39, 0.29) is 11.6 Å². The van der Waals surface area contributed by atoms with Crippen LogP contribution in [0.3, 0.4) is 0 Å². The Balaban J connectivity index is 2.11. The van der Waals surface area contributed by atoms with Crippen molar-refractivity contribution in [3.63, 3.8) is 0 Å². The molecule has 2 N–H and O–H groups in total. The Kier molecular flexibility index (Phi) is 5.27. The van der Waals surface area contributed by atoms with E-state index in [4.69, 9.17) is 12.3 Å². The molecule has 0 radical (unpaired) electrons. The van der Waals surface area contributed by atoms with Gasteiger partial charge in [0.2, 0.25) is 0 Å². The molecule has 0 aromatic carbocycles. The van der Waals surface area contributed by atoms with E-state index in [9.17, 15) is 0 Å². The molecule has 1 unspecified atom stereocenters. The summed E-state index contributed by atoms with van der Waals surface area (Å²) in [5.41, 5.74) is -0.344. The molecule has 106 valence electrons. The van der Waals surface area contributed by atoms with Gasteiger partial charge >= 0.3 is 115 Å². The van der Waals surface area contributed by atoms with Crippen LogP contribution in [0.2, 0.25) is 0 Å². The minimum atomic E-state index is -3.83. The van der Waals surface area contributed by atoms with Gasteiger partial charge in [-0.3, -0.25) is 0 Å². The van der Waals surface area contributed by atoms with Crippen LogP contribution < -0.4 is 10.6 Å². The first-order valence-corrected chi connectivity index (χ1v) is 11.3. The molecular formula is C11H24N2O4Sn.